The average molecular weight is 236 g/mol. The highest BCUT2D eigenvalue weighted by Gasteiger charge is 2.21. The summed E-state index contributed by atoms with van der Waals surface area (Å²) in [4.78, 5) is 11.7. The number of rotatable bonds is 5. The molecule has 0 unspecified atom stereocenters. The molecule has 1 rings (SSSR count). The number of hydrogen-bond acceptors (Lipinski definition) is 3. The van der Waals surface area contributed by atoms with E-state index in [0.717, 1.165) is 11.3 Å². The highest BCUT2D eigenvalue weighted by Crippen LogP contribution is 2.13. The van der Waals surface area contributed by atoms with Crippen molar-refractivity contribution < 1.29 is 9.53 Å². The molecule has 1 aromatic carbocycles. The SMILES string of the molecule is CCOCc1cccc(NC(=O)C(C)(C)N)c1. The van der Waals surface area contributed by atoms with E-state index in [-0.39, 0.29) is 5.91 Å². The van der Waals surface area contributed by atoms with Gasteiger partial charge in [-0.25, -0.2) is 0 Å². The molecule has 3 N–H and O–H groups in total. The summed E-state index contributed by atoms with van der Waals surface area (Å²) in [5.74, 6) is -0.203. The van der Waals surface area contributed by atoms with Crippen molar-refractivity contribution in [3.8, 4) is 0 Å². The van der Waals surface area contributed by atoms with E-state index >= 15 is 0 Å². The zero-order chi connectivity index (χ0) is 12.9. The number of anilines is 1. The number of benzene rings is 1. The molecular formula is C13H20N2O2. The van der Waals surface area contributed by atoms with Crippen LogP contribution < -0.4 is 11.1 Å². The van der Waals surface area contributed by atoms with Gasteiger partial charge in [0.05, 0.1) is 12.1 Å². The second kappa shape index (κ2) is 5.80. The van der Waals surface area contributed by atoms with Crippen LogP contribution in [-0.4, -0.2) is 18.1 Å². The molecule has 0 fully saturated rings. The van der Waals surface area contributed by atoms with Gasteiger partial charge in [0.2, 0.25) is 5.91 Å². The van der Waals surface area contributed by atoms with E-state index in [9.17, 15) is 4.79 Å². The monoisotopic (exact) mass is 236 g/mol. The van der Waals surface area contributed by atoms with Gasteiger partial charge in [0.1, 0.15) is 0 Å². The first-order valence-electron chi connectivity index (χ1n) is 5.70. The number of ether oxygens (including phenoxy) is 1. The minimum Gasteiger partial charge on any atom is -0.377 e. The molecule has 0 aromatic heterocycles. The number of hydrogen-bond donors (Lipinski definition) is 2. The van der Waals surface area contributed by atoms with Gasteiger partial charge in [-0.1, -0.05) is 12.1 Å². The van der Waals surface area contributed by atoms with Crippen LogP contribution >= 0.6 is 0 Å². The fourth-order valence-corrected chi connectivity index (χ4v) is 1.25. The second-order valence-corrected chi connectivity index (χ2v) is 4.51. The molecule has 1 aromatic rings. The molecule has 0 aliphatic heterocycles. The van der Waals surface area contributed by atoms with Gasteiger partial charge in [0, 0.05) is 12.3 Å². The maximum atomic E-state index is 11.7. The van der Waals surface area contributed by atoms with Gasteiger partial charge in [-0.05, 0) is 38.5 Å². The molecule has 1 amide bonds. The molecular weight excluding hydrogens is 216 g/mol. The summed E-state index contributed by atoms with van der Waals surface area (Å²) in [5.41, 5.74) is 6.60. The third kappa shape index (κ3) is 4.54. The highest BCUT2D eigenvalue weighted by molar-refractivity contribution is 5.97. The Morgan fingerprint density at radius 3 is 2.76 bits per heavy atom. The van der Waals surface area contributed by atoms with Crippen LogP contribution in [-0.2, 0) is 16.1 Å². The molecule has 4 heteroatoms. The van der Waals surface area contributed by atoms with Crippen molar-refractivity contribution in [3.63, 3.8) is 0 Å². The van der Waals surface area contributed by atoms with Crippen LogP contribution in [0.2, 0.25) is 0 Å². The van der Waals surface area contributed by atoms with Crippen LogP contribution in [0.3, 0.4) is 0 Å². The molecule has 0 radical (unpaired) electrons. The molecule has 17 heavy (non-hydrogen) atoms. The topological polar surface area (TPSA) is 64.3 Å². The molecule has 0 spiro atoms. The zero-order valence-corrected chi connectivity index (χ0v) is 10.6. The van der Waals surface area contributed by atoms with Gasteiger partial charge in [-0.3, -0.25) is 4.79 Å². The summed E-state index contributed by atoms with van der Waals surface area (Å²) in [6.07, 6.45) is 0. The quantitative estimate of drug-likeness (QED) is 0.820. The largest absolute Gasteiger partial charge is 0.377 e. The summed E-state index contributed by atoms with van der Waals surface area (Å²) in [6, 6.07) is 7.56. The summed E-state index contributed by atoms with van der Waals surface area (Å²) >= 11 is 0. The summed E-state index contributed by atoms with van der Waals surface area (Å²) in [6.45, 7) is 6.51. The molecule has 0 saturated heterocycles. The van der Waals surface area contributed by atoms with Crippen LogP contribution in [0, 0.1) is 0 Å². The average Bonchev–Trinajstić information content (AvgIpc) is 2.25. The molecule has 0 saturated carbocycles. The molecule has 0 aliphatic rings. The first-order chi connectivity index (χ1) is 7.93. The van der Waals surface area contributed by atoms with Crippen molar-refractivity contribution in [3.05, 3.63) is 29.8 Å². The van der Waals surface area contributed by atoms with Crippen LogP contribution in [0.4, 0.5) is 5.69 Å². The molecule has 94 valence electrons. The number of carbonyl (C=O) groups is 1. The summed E-state index contributed by atoms with van der Waals surface area (Å²) in [5, 5.41) is 2.78. The van der Waals surface area contributed by atoms with Gasteiger partial charge in [0.25, 0.3) is 0 Å². The fourth-order valence-electron chi connectivity index (χ4n) is 1.25. The van der Waals surface area contributed by atoms with Gasteiger partial charge in [0.15, 0.2) is 0 Å². The Morgan fingerprint density at radius 1 is 1.47 bits per heavy atom. The Balaban J connectivity index is 2.69. The Bertz CT molecular complexity index is 383. The van der Waals surface area contributed by atoms with Crippen molar-refractivity contribution in [2.45, 2.75) is 32.9 Å². The molecule has 4 nitrogen and oxygen atoms in total. The predicted molar refractivity (Wildman–Crippen MR) is 68.7 cm³/mol. The number of amides is 1. The molecule has 0 heterocycles. The van der Waals surface area contributed by atoms with Crippen LogP contribution in [0.25, 0.3) is 0 Å². The zero-order valence-electron chi connectivity index (χ0n) is 10.6. The van der Waals surface area contributed by atoms with Crippen molar-refractivity contribution in [1.29, 1.82) is 0 Å². The third-order valence-corrected chi connectivity index (χ3v) is 2.24. The summed E-state index contributed by atoms with van der Waals surface area (Å²) in [7, 11) is 0. The van der Waals surface area contributed by atoms with E-state index in [1.165, 1.54) is 0 Å². The van der Waals surface area contributed by atoms with Gasteiger partial charge in [-0.15, -0.1) is 0 Å². The minimum atomic E-state index is -0.879. The van der Waals surface area contributed by atoms with Crippen LogP contribution in [0.1, 0.15) is 26.3 Å². The van der Waals surface area contributed by atoms with E-state index in [1.807, 2.05) is 31.2 Å². The normalized spacial score (nSPS) is 11.3. The van der Waals surface area contributed by atoms with Gasteiger partial charge in [-0.2, -0.15) is 0 Å². The highest BCUT2D eigenvalue weighted by atomic mass is 16.5. The molecule has 0 bridgehead atoms. The maximum absolute atomic E-state index is 11.7. The van der Waals surface area contributed by atoms with Gasteiger partial charge < -0.3 is 15.8 Å². The van der Waals surface area contributed by atoms with Crippen molar-refractivity contribution in [1.82, 2.24) is 0 Å². The number of nitrogens with one attached hydrogen (secondary N) is 1. The van der Waals surface area contributed by atoms with Crippen LogP contribution in [0.15, 0.2) is 24.3 Å². The van der Waals surface area contributed by atoms with E-state index in [0.29, 0.717) is 13.2 Å². The van der Waals surface area contributed by atoms with Crippen LogP contribution in [0.5, 0.6) is 0 Å². The lowest BCUT2D eigenvalue weighted by Gasteiger charge is -2.18. The van der Waals surface area contributed by atoms with E-state index in [1.54, 1.807) is 13.8 Å². The Kier molecular flexibility index (Phi) is 4.66. The van der Waals surface area contributed by atoms with Crippen molar-refractivity contribution in [2.24, 2.45) is 5.73 Å². The third-order valence-electron chi connectivity index (χ3n) is 2.24. The van der Waals surface area contributed by atoms with E-state index in [4.69, 9.17) is 10.5 Å². The standard InChI is InChI=1S/C13H20N2O2/c1-4-17-9-10-6-5-7-11(8-10)15-12(16)13(2,3)14/h5-8H,4,9,14H2,1-3H3,(H,15,16). The second-order valence-electron chi connectivity index (χ2n) is 4.51. The minimum absolute atomic E-state index is 0.203. The maximum Gasteiger partial charge on any atom is 0.243 e. The number of carbonyl (C=O) groups excluding carboxylic acids is 1. The first-order valence-corrected chi connectivity index (χ1v) is 5.70. The Hall–Kier alpha value is -1.39. The van der Waals surface area contributed by atoms with Gasteiger partial charge >= 0.3 is 0 Å². The number of nitrogens with two attached hydrogens (primary N) is 1. The Morgan fingerprint density at radius 2 is 2.18 bits per heavy atom. The fraction of sp³-hybridized carbons (Fsp3) is 0.462. The predicted octanol–water partition coefficient (Wildman–Crippen LogP) is 1.90. The smallest absolute Gasteiger partial charge is 0.243 e. The first kappa shape index (κ1) is 13.7. The lowest BCUT2D eigenvalue weighted by atomic mass is 10.1. The van der Waals surface area contributed by atoms with E-state index < -0.39 is 5.54 Å². The lowest BCUT2D eigenvalue weighted by molar-refractivity contribution is -0.120. The molecule has 0 aliphatic carbocycles. The van der Waals surface area contributed by atoms with Crippen molar-refractivity contribution in [2.75, 3.05) is 11.9 Å². The Labute approximate surface area is 102 Å². The lowest BCUT2D eigenvalue weighted by Crippen LogP contribution is -2.45. The summed E-state index contributed by atoms with van der Waals surface area (Å²) < 4.78 is 5.31. The molecule has 0 atom stereocenters. The van der Waals surface area contributed by atoms with E-state index in [2.05, 4.69) is 5.32 Å². The van der Waals surface area contributed by atoms with Crippen molar-refractivity contribution >= 4 is 11.6 Å².